The molecule has 0 radical (unpaired) electrons. The summed E-state index contributed by atoms with van der Waals surface area (Å²) in [5, 5.41) is 3.29. The lowest BCUT2D eigenvalue weighted by atomic mass is 10.2. The number of hydrogen-bond acceptors (Lipinski definition) is 4. The predicted octanol–water partition coefficient (Wildman–Crippen LogP) is 2.35. The number of benzene rings is 1. The van der Waals surface area contributed by atoms with E-state index in [4.69, 9.17) is 9.47 Å². The number of ether oxygens (including phenoxy) is 2. The first-order valence-electron chi connectivity index (χ1n) is 5.69. The van der Waals surface area contributed by atoms with Gasteiger partial charge in [0.1, 0.15) is 5.82 Å². The van der Waals surface area contributed by atoms with Crippen molar-refractivity contribution < 1.29 is 9.47 Å². The van der Waals surface area contributed by atoms with Gasteiger partial charge in [0.25, 0.3) is 0 Å². The number of methoxy groups -OCH3 is 2. The molecule has 18 heavy (non-hydrogen) atoms. The van der Waals surface area contributed by atoms with Crippen LogP contribution in [0.25, 0.3) is 0 Å². The zero-order chi connectivity index (χ0) is 13.0. The monoisotopic (exact) mass is 247 g/mol. The summed E-state index contributed by atoms with van der Waals surface area (Å²) in [5.74, 6) is 2.35. The van der Waals surface area contributed by atoms with E-state index in [1.165, 1.54) is 0 Å². The van der Waals surface area contributed by atoms with Crippen LogP contribution in [0.4, 0.5) is 5.69 Å². The summed E-state index contributed by atoms with van der Waals surface area (Å²) in [6, 6.07) is 5.73. The van der Waals surface area contributed by atoms with Crippen LogP contribution < -0.4 is 14.8 Å². The number of imidazole rings is 1. The fourth-order valence-corrected chi connectivity index (χ4v) is 1.70. The first-order valence-corrected chi connectivity index (χ1v) is 5.69. The number of H-pyrrole nitrogens is 1. The number of anilines is 1. The van der Waals surface area contributed by atoms with Crippen LogP contribution in [0.15, 0.2) is 24.4 Å². The molecular weight excluding hydrogens is 230 g/mol. The highest BCUT2D eigenvalue weighted by Crippen LogP contribution is 2.29. The quantitative estimate of drug-likeness (QED) is 0.851. The smallest absolute Gasteiger partial charge is 0.162 e. The highest BCUT2D eigenvalue weighted by molar-refractivity contribution is 5.54. The van der Waals surface area contributed by atoms with Crippen LogP contribution in [0.5, 0.6) is 11.5 Å². The molecule has 1 aromatic carbocycles. The van der Waals surface area contributed by atoms with E-state index in [9.17, 15) is 0 Å². The molecule has 0 bridgehead atoms. The number of aromatic amines is 1. The molecule has 2 N–H and O–H groups in total. The third-order valence-electron chi connectivity index (χ3n) is 2.62. The van der Waals surface area contributed by atoms with Crippen molar-refractivity contribution in [3.63, 3.8) is 0 Å². The molecular formula is C13H17N3O2. The molecule has 1 aromatic heterocycles. The molecule has 5 nitrogen and oxygen atoms in total. The lowest BCUT2D eigenvalue weighted by Crippen LogP contribution is -2.00. The second kappa shape index (κ2) is 5.44. The molecule has 0 aliphatic carbocycles. The highest BCUT2D eigenvalue weighted by Gasteiger charge is 2.04. The van der Waals surface area contributed by atoms with Gasteiger partial charge in [0.05, 0.1) is 32.7 Å². The van der Waals surface area contributed by atoms with Gasteiger partial charge < -0.3 is 19.8 Å². The lowest BCUT2D eigenvalue weighted by molar-refractivity contribution is 0.355. The summed E-state index contributed by atoms with van der Waals surface area (Å²) in [6.07, 6.45) is 1.82. The maximum absolute atomic E-state index is 5.25. The summed E-state index contributed by atoms with van der Waals surface area (Å²) in [6.45, 7) is 2.62. The zero-order valence-corrected chi connectivity index (χ0v) is 10.8. The molecule has 0 fully saturated rings. The van der Waals surface area contributed by atoms with Gasteiger partial charge in [-0.05, 0) is 19.1 Å². The van der Waals surface area contributed by atoms with E-state index in [-0.39, 0.29) is 0 Å². The third kappa shape index (κ3) is 2.74. The first kappa shape index (κ1) is 12.3. The van der Waals surface area contributed by atoms with Gasteiger partial charge in [-0.2, -0.15) is 0 Å². The average molecular weight is 247 g/mol. The minimum atomic E-state index is 0.691. The van der Waals surface area contributed by atoms with E-state index in [1.54, 1.807) is 14.2 Å². The Labute approximate surface area is 106 Å². The zero-order valence-electron chi connectivity index (χ0n) is 10.8. The van der Waals surface area contributed by atoms with Crippen molar-refractivity contribution in [2.24, 2.45) is 0 Å². The van der Waals surface area contributed by atoms with E-state index >= 15 is 0 Å². The maximum atomic E-state index is 5.25. The second-order valence-electron chi connectivity index (χ2n) is 3.92. The van der Waals surface area contributed by atoms with E-state index < -0.39 is 0 Å². The summed E-state index contributed by atoms with van der Waals surface area (Å²) >= 11 is 0. The van der Waals surface area contributed by atoms with Gasteiger partial charge in [0, 0.05) is 11.8 Å². The van der Waals surface area contributed by atoms with Crippen molar-refractivity contribution in [2.75, 3.05) is 19.5 Å². The van der Waals surface area contributed by atoms with Gasteiger partial charge >= 0.3 is 0 Å². The molecule has 0 saturated carbocycles. The van der Waals surface area contributed by atoms with Crippen LogP contribution in [0.3, 0.4) is 0 Å². The molecule has 0 aliphatic rings. The summed E-state index contributed by atoms with van der Waals surface area (Å²) in [4.78, 5) is 7.32. The van der Waals surface area contributed by atoms with Crippen LogP contribution >= 0.6 is 0 Å². The molecule has 2 rings (SSSR count). The number of aromatic nitrogens is 2. The van der Waals surface area contributed by atoms with Gasteiger partial charge in [0.2, 0.25) is 0 Å². The van der Waals surface area contributed by atoms with Crippen LogP contribution in [0.2, 0.25) is 0 Å². The molecule has 0 spiro atoms. The molecule has 96 valence electrons. The molecule has 0 amide bonds. The minimum absolute atomic E-state index is 0.691. The molecule has 0 atom stereocenters. The Hall–Kier alpha value is -2.17. The maximum Gasteiger partial charge on any atom is 0.162 e. The van der Waals surface area contributed by atoms with E-state index in [0.29, 0.717) is 12.3 Å². The number of rotatable bonds is 5. The van der Waals surface area contributed by atoms with E-state index in [0.717, 1.165) is 23.0 Å². The van der Waals surface area contributed by atoms with Gasteiger partial charge in [-0.3, -0.25) is 0 Å². The molecule has 0 aliphatic heterocycles. The normalized spacial score (nSPS) is 10.2. The second-order valence-corrected chi connectivity index (χ2v) is 3.92. The SMILES string of the molecule is COc1ccc(NCc2cnc(C)[nH]2)cc1OC. The van der Waals surface area contributed by atoms with Crippen molar-refractivity contribution in [3.05, 3.63) is 35.9 Å². The van der Waals surface area contributed by atoms with Crippen LogP contribution in [0, 0.1) is 6.92 Å². The van der Waals surface area contributed by atoms with Crippen molar-refractivity contribution >= 4 is 5.69 Å². The summed E-state index contributed by atoms with van der Waals surface area (Å²) < 4.78 is 10.4. The Morgan fingerprint density at radius 2 is 2.00 bits per heavy atom. The fraction of sp³-hybridized carbons (Fsp3) is 0.308. The largest absolute Gasteiger partial charge is 0.493 e. The molecule has 1 heterocycles. The standard InChI is InChI=1S/C13H17N3O2/c1-9-14-7-11(16-9)8-15-10-4-5-12(17-2)13(6-10)18-3/h4-7,15H,8H2,1-3H3,(H,14,16). The third-order valence-corrected chi connectivity index (χ3v) is 2.62. The number of hydrogen-bond donors (Lipinski definition) is 2. The molecule has 5 heteroatoms. The van der Waals surface area contributed by atoms with Crippen LogP contribution in [-0.4, -0.2) is 24.2 Å². The van der Waals surface area contributed by atoms with Crippen LogP contribution in [-0.2, 0) is 6.54 Å². The fourth-order valence-electron chi connectivity index (χ4n) is 1.70. The van der Waals surface area contributed by atoms with Gasteiger partial charge in [0.15, 0.2) is 11.5 Å². The number of nitrogens with one attached hydrogen (secondary N) is 2. The Morgan fingerprint density at radius 3 is 2.61 bits per heavy atom. The van der Waals surface area contributed by atoms with Gasteiger partial charge in [-0.15, -0.1) is 0 Å². The van der Waals surface area contributed by atoms with Crippen LogP contribution in [0.1, 0.15) is 11.5 Å². The molecule has 2 aromatic rings. The van der Waals surface area contributed by atoms with E-state index in [1.807, 2.05) is 31.3 Å². The van der Waals surface area contributed by atoms with Gasteiger partial charge in [-0.25, -0.2) is 4.98 Å². The number of aryl methyl sites for hydroxylation is 1. The first-order chi connectivity index (χ1) is 8.72. The average Bonchev–Trinajstić information content (AvgIpc) is 2.81. The van der Waals surface area contributed by atoms with E-state index in [2.05, 4.69) is 15.3 Å². The summed E-state index contributed by atoms with van der Waals surface area (Å²) in [7, 11) is 3.25. The van der Waals surface area contributed by atoms with Crippen molar-refractivity contribution in [2.45, 2.75) is 13.5 Å². The Kier molecular flexibility index (Phi) is 3.72. The summed E-state index contributed by atoms with van der Waals surface area (Å²) in [5.41, 5.74) is 2.02. The van der Waals surface area contributed by atoms with Crippen molar-refractivity contribution in [1.82, 2.24) is 9.97 Å². The Bertz CT molecular complexity index is 523. The number of nitrogens with zero attached hydrogens (tertiary/aromatic N) is 1. The van der Waals surface area contributed by atoms with Crippen molar-refractivity contribution in [1.29, 1.82) is 0 Å². The Morgan fingerprint density at radius 1 is 1.22 bits per heavy atom. The highest BCUT2D eigenvalue weighted by atomic mass is 16.5. The molecule has 0 saturated heterocycles. The topological polar surface area (TPSA) is 59.2 Å². The minimum Gasteiger partial charge on any atom is -0.493 e. The van der Waals surface area contributed by atoms with Crippen molar-refractivity contribution in [3.8, 4) is 11.5 Å². The molecule has 0 unspecified atom stereocenters. The predicted molar refractivity (Wildman–Crippen MR) is 70.2 cm³/mol. The Balaban J connectivity index is 2.05. The lowest BCUT2D eigenvalue weighted by Gasteiger charge is -2.10. The van der Waals surface area contributed by atoms with Gasteiger partial charge in [-0.1, -0.05) is 0 Å².